The monoisotopic (exact) mass is 480 g/mol. The number of aryl methyl sites for hydroxylation is 1. The van der Waals surface area contributed by atoms with Gasteiger partial charge in [0.05, 0.1) is 12.7 Å². The molecule has 1 aliphatic rings. The molecule has 0 amide bonds. The zero-order valence-electron chi connectivity index (χ0n) is 21.5. The standard InChI is InChI=1S/C26H40N8O/c1-5-6-21(9-12-35)30-25-24-22(31-26(27)32-25)14-29-34(24)15-20-8-7-19(13-18(20)4)23-16-33(17(2)3)11-10-28-23/h7-8,13-14,17,21,23,28,35H,5-6,9-12,15-16H2,1-4H3,(H3,27,30,31,32). The Morgan fingerprint density at radius 3 is 2.80 bits per heavy atom. The normalized spacial score (nSPS) is 17.8. The van der Waals surface area contributed by atoms with Crippen LogP contribution in [-0.2, 0) is 6.54 Å². The van der Waals surface area contributed by atoms with Crippen molar-refractivity contribution in [1.82, 2.24) is 30.0 Å². The highest BCUT2D eigenvalue weighted by Gasteiger charge is 2.23. The van der Waals surface area contributed by atoms with Gasteiger partial charge in [0, 0.05) is 44.4 Å². The predicted octanol–water partition coefficient (Wildman–Crippen LogP) is 3.08. The molecule has 3 aromatic rings. The molecular weight excluding hydrogens is 440 g/mol. The second-order valence-electron chi connectivity index (χ2n) is 9.89. The second kappa shape index (κ2) is 11.3. The van der Waals surface area contributed by atoms with E-state index in [-0.39, 0.29) is 18.6 Å². The minimum absolute atomic E-state index is 0.111. The number of hydrogen-bond donors (Lipinski definition) is 4. The first-order chi connectivity index (χ1) is 16.9. The van der Waals surface area contributed by atoms with Crippen LogP contribution in [0.1, 0.15) is 62.8 Å². The lowest BCUT2D eigenvalue weighted by molar-refractivity contribution is 0.162. The molecule has 2 aromatic heterocycles. The van der Waals surface area contributed by atoms with Crippen LogP contribution in [0.15, 0.2) is 24.4 Å². The van der Waals surface area contributed by atoms with Crippen LogP contribution in [0.3, 0.4) is 0 Å². The SMILES string of the molecule is CCCC(CCO)Nc1nc(N)nc2cnn(Cc3ccc(C4CN(C(C)C)CCN4)cc3C)c12. The number of nitrogens with two attached hydrogens (primary N) is 1. The van der Waals surface area contributed by atoms with Crippen molar-refractivity contribution in [2.75, 3.05) is 37.3 Å². The van der Waals surface area contributed by atoms with Gasteiger partial charge >= 0.3 is 0 Å². The smallest absolute Gasteiger partial charge is 0.222 e. The highest BCUT2D eigenvalue weighted by Crippen LogP contribution is 2.26. The Kier molecular flexibility index (Phi) is 8.20. The number of nitrogens with one attached hydrogen (secondary N) is 2. The van der Waals surface area contributed by atoms with Crippen LogP contribution in [0.5, 0.6) is 0 Å². The number of piperazine rings is 1. The molecule has 2 unspecified atom stereocenters. The Hall–Kier alpha value is -2.75. The second-order valence-corrected chi connectivity index (χ2v) is 9.89. The number of fused-ring (bicyclic) bond motifs is 1. The van der Waals surface area contributed by atoms with Crippen molar-refractivity contribution in [2.24, 2.45) is 0 Å². The molecule has 0 spiro atoms. The van der Waals surface area contributed by atoms with Crippen LogP contribution in [0.4, 0.5) is 11.8 Å². The maximum atomic E-state index is 9.49. The van der Waals surface area contributed by atoms with Gasteiger partial charge in [-0.05, 0) is 50.3 Å². The van der Waals surface area contributed by atoms with Crippen LogP contribution >= 0.6 is 0 Å². The predicted molar refractivity (Wildman–Crippen MR) is 141 cm³/mol. The summed E-state index contributed by atoms with van der Waals surface area (Å²) in [6.07, 6.45) is 4.34. The highest BCUT2D eigenvalue weighted by atomic mass is 16.3. The Morgan fingerprint density at radius 2 is 2.09 bits per heavy atom. The summed E-state index contributed by atoms with van der Waals surface area (Å²) in [5.41, 5.74) is 11.3. The average molecular weight is 481 g/mol. The highest BCUT2D eigenvalue weighted by molar-refractivity contribution is 5.86. The van der Waals surface area contributed by atoms with Crippen LogP contribution < -0.4 is 16.4 Å². The summed E-state index contributed by atoms with van der Waals surface area (Å²) in [6.45, 7) is 12.7. The number of benzene rings is 1. The number of hydrogen-bond acceptors (Lipinski definition) is 8. The van der Waals surface area contributed by atoms with Gasteiger partial charge < -0.3 is 21.5 Å². The molecule has 3 heterocycles. The Balaban J connectivity index is 1.59. The molecule has 190 valence electrons. The Labute approximate surface area is 208 Å². The number of aliphatic hydroxyl groups excluding tert-OH is 1. The fourth-order valence-corrected chi connectivity index (χ4v) is 4.96. The molecule has 1 aromatic carbocycles. The summed E-state index contributed by atoms with van der Waals surface area (Å²) in [4.78, 5) is 11.4. The molecule has 2 atom stereocenters. The van der Waals surface area contributed by atoms with E-state index in [0.717, 1.165) is 38.0 Å². The van der Waals surface area contributed by atoms with Crippen molar-refractivity contribution in [3.8, 4) is 0 Å². The maximum Gasteiger partial charge on any atom is 0.222 e. The van der Waals surface area contributed by atoms with Crippen molar-refractivity contribution in [3.63, 3.8) is 0 Å². The van der Waals surface area contributed by atoms with E-state index < -0.39 is 0 Å². The van der Waals surface area contributed by atoms with E-state index in [2.05, 4.69) is 76.5 Å². The summed E-state index contributed by atoms with van der Waals surface area (Å²) >= 11 is 0. The van der Waals surface area contributed by atoms with Gasteiger partial charge in [-0.3, -0.25) is 9.58 Å². The molecule has 1 saturated heterocycles. The van der Waals surface area contributed by atoms with Crippen molar-refractivity contribution < 1.29 is 5.11 Å². The van der Waals surface area contributed by atoms with Gasteiger partial charge in [0.1, 0.15) is 11.0 Å². The molecule has 35 heavy (non-hydrogen) atoms. The maximum absolute atomic E-state index is 9.49. The molecule has 0 saturated carbocycles. The van der Waals surface area contributed by atoms with Crippen molar-refractivity contribution in [1.29, 1.82) is 0 Å². The first-order valence-corrected chi connectivity index (χ1v) is 12.8. The zero-order chi connectivity index (χ0) is 24.9. The number of aliphatic hydroxyl groups is 1. The summed E-state index contributed by atoms with van der Waals surface area (Å²) in [5, 5.41) is 21.3. The minimum Gasteiger partial charge on any atom is -0.396 e. The summed E-state index contributed by atoms with van der Waals surface area (Å²) < 4.78 is 1.94. The fraction of sp³-hybridized carbons (Fsp3) is 0.577. The molecule has 9 nitrogen and oxygen atoms in total. The van der Waals surface area contributed by atoms with Gasteiger partial charge in [-0.15, -0.1) is 0 Å². The molecule has 1 aliphatic heterocycles. The molecule has 1 fully saturated rings. The number of aromatic nitrogens is 4. The number of nitrogen functional groups attached to an aromatic ring is 1. The van der Waals surface area contributed by atoms with Gasteiger partial charge in [0.15, 0.2) is 5.82 Å². The van der Waals surface area contributed by atoms with Gasteiger partial charge in [0.25, 0.3) is 0 Å². The quantitative estimate of drug-likeness (QED) is 0.350. The molecule has 0 radical (unpaired) electrons. The summed E-state index contributed by atoms with van der Waals surface area (Å²) in [5.74, 6) is 0.890. The first kappa shape index (κ1) is 25.3. The van der Waals surface area contributed by atoms with E-state index in [1.807, 2.05) is 4.68 Å². The third kappa shape index (κ3) is 5.91. The Morgan fingerprint density at radius 1 is 1.26 bits per heavy atom. The van der Waals surface area contributed by atoms with Crippen LogP contribution in [0.2, 0.25) is 0 Å². The lowest BCUT2D eigenvalue weighted by atomic mass is 9.98. The number of anilines is 2. The topological polar surface area (TPSA) is 117 Å². The van der Waals surface area contributed by atoms with Gasteiger partial charge in [-0.2, -0.15) is 10.1 Å². The van der Waals surface area contributed by atoms with E-state index >= 15 is 0 Å². The lowest BCUT2D eigenvalue weighted by Gasteiger charge is -2.36. The average Bonchev–Trinajstić information content (AvgIpc) is 3.23. The zero-order valence-corrected chi connectivity index (χ0v) is 21.5. The van der Waals surface area contributed by atoms with Gasteiger partial charge in [0.2, 0.25) is 5.95 Å². The number of nitrogens with zero attached hydrogens (tertiary/aromatic N) is 5. The van der Waals surface area contributed by atoms with E-state index in [9.17, 15) is 5.11 Å². The molecule has 0 bridgehead atoms. The molecule has 4 rings (SSSR count). The minimum atomic E-state index is 0.111. The van der Waals surface area contributed by atoms with Crippen molar-refractivity contribution >= 4 is 22.8 Å². The van der Waals surface area contributed by atoms with E-state index in [0.29, 0.717) is 36.4 Å². The van der Waals surface area contributed by atoms with Crippen LogP contribution in [0, 0.1) is 6.92 Å². The van der Waals surface area contributed by atoms with E-state index in [1.54, 1.807) is 6.20 Å². The lowest BCUT2D eigenvalue weighted by Crippen LogP contribution is -2.48. The van der Waals surface area contributed by atoms with Crippen molar-refractivity contribution in [2.45, 2.75) is 71.6 Å². The van der Waals surface area contributed by atoms with E-state index in [4.69, 9.17) is 5.73 Å². The van der Waals surface area contributed by atoms with E-state index in [1.165, 1.54) is 16.7 Å². The molecular formula is C26H40N8O. The number of rotatable bonds is 10. The summed E-state index contributed by atoms with van der Waals surface area (Å²) in [7, 11) is 0. The van der Waals surface area contributed by atoms with Gasteiger partial charge in [-0.25, -0.2) is 4.98 Å². The molecule has 0 aliphatic carbocycles. The molecule has 5 N–H and O–H groups in total. The third-order valence-corrected chi connectivity index (χ3v) is 6.99. The first-order valence-electron chi connectivity index (χ1n) is 12.8. The van der Waals surface area contributed by atoms with Crippen LogP contribution in [0.25, 0.3) is 11.0 Å². The molecule has 9 heteroatoms. The van der Waals surface area contributed by atoms with Crippen LogP contribution in [-0.4, -0.2) is 68.1 Å². The third-order valence-electron chi connectivity index (χ3n) is 6.99. The Bertz CT molecular complexity index is 1120. The largest absolute Gasteiger partial charge is 0.396 e. The summed E-state index contributed by atoms with van der Waals surface area (Å²) in [6, 6.07) is 7.77. The van der Waals surface area contributed by atoms with Gasteiger partial charge in [-0.1, -0.05) is 31.5 Å². The van der Waals surface area contributed by atoms with Crippen molar-refractivity contribution in [3.05, 3.63) is 41.1 Å². The fourth-order valence-electron chi connectivity index (χ4n) is 4.96.